The lowest BCUT2D eigenvalue weighted by atomic mass is 9.92. The second-order valence-corrected chi connectivity index (χ2v) is 9.26. The van der Waals surface area contributed by atoms with Crippen LogP contribution in [0.25, 0.3) is 22.7 Å². The van der Waals surface area contributed by atoms with Crippen molar-refractivity contribution in [2.75, 3.05) is 20.1 Å². The first-order chi connectivity index (χ1) is 16.6. The molecular weight excluding hydrogens is 429 g/mol. The van der Waals surface area contributed by atoms with E-state index < -0.39 is 0 Å². The zero-order valence-electron chi connectivity index (χ0n) is 19.1. The number of halogens is 1. The zero-order valence-corrected chi connectivity index (χ0v) is 19.1. The number of aromatic nitrogens is 2. The van der Waals surface area contributed by atoms with Gasteiger partial charge in [-0.25, -0.2) is 9.18 Å². The normalized spacial score (nSPS) is 17.9. The summed E-state index contributed by atoms with van der Waals surface area (Å²) in [6.07, 6.45) is 4.04. The van der Waals surface area contributed by atoms with Crippen LogP contribution in [-0.4, -0.2) is 34.6 Å². The molecule has 1 N–H and O–H groups in total. The smallest absolute Gasteiger partial charge is 0.326 e. The van der Waals surface area contributed by atoms with Crippen LogP contribution in [0.2, 0.25) is 0 Å². The standard InChI is InChI=1S/C28H26FN3O2/c1-31-12-10-21(11-13-31)32-26-9-6-18(15-25(26)30-28(32)33)14-24-22-5-3-2-4-19(22)17-34-27-16-20(29)7-8-23(24)27/h2-9,14-16,21H,10-13,17H2,1H3,(H,30,33)/b24-14+. The Bertz CT molecular complexity index is 1470. The number of rotatable bonds is 2. The average molecular weight is 456 g/mol. The minimum Gasteiger partial charge on any atom is -0.488 e. The van der Waals surface area contributed by atoms with Gasteiger partial charge in [0.15, 0.2) is 0 Å². The Morgan fingerprint density at radius 2 is 1.85 bits per heavy atom. The molecular formula is C28H26FN3O2. The molecule has 2 aliphatic heterocycles. The lowest BCUT2D eigenvalue weighted by Crippen LogP contribution is -2.34. The molecule has 0 unspecified atom stereocenters. The second-order valence-electron chi connectivity index (χ2n) is 9.26. The van der Waals surface area contributed by atoms with Gasteiger partial charge in [-0.15, -0.1) is 0 Å². The van der Waals surface area contributed by atoms with Crippen molar-refractivity contribution in [3.8, 4) is 5.75 Å². The Kier molecular flexibility index (Phi) is 5.11. The van der Waals surface area contributed by atoms with Gasteiger partial charge in [-0.05, 0) is 85.6 Å². The Morgan fingerprint density at radius 1 is 1.03 bits per heavy atom. The van der Waals surface area contributed by atoms with E-state index in [4.69, 9.17) is 4.74 Å². The van der Waals surface area contributed by atoms with Crippen LogP contribution in [0.4, 0.5) is 4.39 Å². The highest BCUT2D eigenvalue weighted by Gasteiger charge is 2.23. The molecule has 2 aliphatic rings. The molecule has 3 aromatic carbocycles. The summed E-state index contributed by atoms with van der Waals surface area (Å²) in [5, 5.41) is 0. The molecule has 172 valence electrons. The van der Waals surface area contributed by atoms with Gasteiger partial charge in [-0.1, -0.05) is 30.3 Å². The molecule has 34 heavy (non-hydrogen) atoms. The molecule has 0 spiro atoms. The van der Waals surface area contributed by atoms with Gasteiger partial charge in [-0.2, -0.15) is 0 Å². The van der Waals surface area contributed by atoms with Gasteiger partial charge in [0, 0.05) is 17.7 Å². The van der Waals surface area contributed by atoms with Gasteiger partial charge in [0.2, 0.25) is 0 Å². The molecule has 0 bridgehead atoms. The van der Waals surface area contributed by atoms with Gasteiger partial charge in [0.1, 0.15) is 18.2 Å². The van der Waals surface area contributed by atoms with E-state index in [9.17, 15) is 9.18 Å². The topological polar surface area (TPSA) is 50.3 Å². The van der Waals surface area contributed by atoms with Gasteiger partial charge >= 0.3 is 5.69 Å². The number of aromatic amines is 1. The first-order valence-electron chi connectivity index (χ1n) is 11.7. The first kappa shape index (κ1) is 20.9. The quantitative estimate of drug-likeness (QED) is 0.451. The second kappa shape index (κ2) is 8.29. The summed E-state index contributed by atoms with van der Waals surface area (Å²) in [4.78, 5) is 18.2. The molecule has 5 nitrogen and oxygen atoms in total. The highest BCUT2D eigenvalue weighted by atomic mass is 19.1. The number of fused-ring (bicyclic) bond motifs is 3. The van der Waals surface area contributed by atoms with Crippen molar-refractivity contribution >= 4 is 22.7 Å². The summed E-state index contributed by atoms with van der Waals surface area (Å²) in [5.41, 5.74) is 6.61. The molecule has 6 heteroatoms. The van der Waals surface area contributed by atoms with Crippen LogP contribution in [0.3, 0.4) is 0 Å². The maximum absolute atomic E-state index is 14.0. The fourth-order valence-electron chi connectivity index (χ4n) is 5.22. The zero-order chi connectivity index (χ0) is 23.2. The number of imidazole rings is 1. The number of nitrogens with zero attached hydrogens (tertiary/aromatic N) is 2. The number of nitrogens with one attached hydrogen (secondary N) is 1. The van der Waals surface area contributed by atoms with Crippen molar-refractivity contribution < 1.29 is 9.13 Å². The van der Waals surface area contributed by atoms with E-state index in [2.05, 4.69) is 29.1 Å². The first-order valence-corrected chi connectivity index (χ1v) is 11.7. The van der Waals surface area contributed by atoms with Crippen LogP contribution in [-0.2, 0) is 6.61 Å². The third-order valence-corrected chi connectivity index (χ3v) is 7.03. The minimum atomic E-state index is -0.321. The van der Waals surface area contributed by atoms with Crippen molar-refractivity contribution in [3.05, 3.63) is 99.2 Å². The van der Waals surface area contributed by atoms with Gasteiger partial charge < -0.3 is 14.6 Å². The van der Waals surface area contributed by atoms with Crippen LogP contribution < -0.4 is 10.4 Å². The summed E-state index contributed by atoms with van der Waals surface area (Å²) in [6, 6.07) is 19.1. The maximum Gasteiger partial charge on any atom is 0.326 e. The molecule has 0 amide bonds. The van der Waals surface area contributed by atoms with Gasteiger partial charge in [0.25, 0.3) is 0 Å². The van der Waals surface area contributed by atoms with Crippen molar-refractivity contribution in [1.82, 2.24) is 14.5 Å². The molecule has 1 aromatic heterocycles. The Labute approximate surface area is 197 Å². The molecule has 3 heterocycles. The van der Waals surface area contributed by atoms with E-state index in [1.807, 2.05) is 41.0 Å². The number of ether oxygens (including phenoxy) is 1. The van der Waals surface area contributed by atoms with Crippen molar-refractivity contribution in [2.24, 2.45) is 0 Å². The van der Waals surface area contributed by atoms with Crippen LogP contribution in [0, 0.1) is 5.82 Å². The average Bonchev–Trinajstić information content (AvgIpc) is 3.09. The van der Waals surface area contributed by atoms with E-state index in [1.54, 1.807) is 6.07 Å². The number of hydrogen-bond donors (Lipinski definition) is 1. The fraction of sp³-hybridized carbons (Fsp3) is 0.250. The fourth-order valence-corrected chi connectivity index (χ4v) is 5.22. The SMILES string of the molecule is CN1CCC(n2c(=O)[nH]c3cc(/C=C4\c5ccccc5COc5cc(F)ccc54)ccc32)CC1. The minimum absolute atomic E-state index is 0.0524. The number of likely N-dealkylation sites (tertiary alicyclic amines) is 1. The number of H-pyrrole nitrogens is 1. The lowest BCUT2D eigenvalue weighted by molar-refractivity contribution is 0.221. The van der Waals surface area contributed by atoms with Gasteiger partial charge in [-0.3, -0.25) is 4.57 Å². The molecule has 0 radical (unpaired) electrons. The number of benzene rings is 3. The lowest BCUT2D eigenvalue weighted by Gasteiger charge is -2.29. The molecule has 4 aromatic rings. The molecule has 0 atom stereocenters. The van der Waals surface area contributed by atoms with Crippen molar-refractivity contribution in [3.63, 3.8) is 0 Å². The summed E-state index contributed by atoms with van der Waals surface area (Å²) < 4.78 is 21.8. The van der Waals surface area contributed by atoms with E-state index in [0.717, 1.165) is 64.8 Å². The summed E-state index contributed by atoms with van der Waals surface area (Å²) in [6.45, 7) is 2.38. The van der Waals surface area contributed by atoms with E-state index in [-0.39, 0.29) is 17.5 Å². The number of piperidine rings is 1. The van der Waals surface area contributed by atoms with Gasteiger partial charge in [0.05, 0.1) is 11.0 Å². The molecule has 1 saturated heterocycles. The summed E-state index contributed by atoms with van der Waals surface area (Å²) in [5.74, 6) is 0.212. The van der Waals surface area contributed by atoms with E-state index in [1.165, 1.54) is 12.1 Å². The highest BCUT2D eigenvalue weighted by molar-refractivity contribution is 5.95. The Morgan fingerprint density at radius 3 is 2.71 bits per heavy atom. The number of hydrogen-bond acceptors (Lipinski definition) is 3. The molecule has 0 saturated carbocycles. The predicted molar refractivity (Wildman–Crippen MR) is 132 cm³/mol. The van der Waals surface area contributed by atoms with E-state index in [0.29, 0.717) is 12.4 Å². The van der Waals surface area contributed by atoms with Crippen LogP contribution in [0.5, 0.6) is 5.75 Å². The monoisotopic (exact) mass is 455 g/mol. The largest absolute Gasteiger partial charge is 0.488 e. The summed E-state index contributed by atoms with van der Waals surface area (Å²) in [7, 11) is 2.12. The van der Waals surface area contributed by atoms with Crippen LogP contribution in [0.15, 0.2) is 65.5 Å². The third kappa shape index (κ3) is 3.64. The van der Waals surface area contributed by atoms with Crippen molar-refractivity contribution in [1.29, 1.82) is 0 Å². The molecule has 6 rings (SSSR count). The summed E-state index contributed by atoms with van der Waals surface area (Å²) >= 11 is 0. The maximum atomic E-state index is 14.0. The Balaban J connectivity index is 1.46. The van der Waals surface area contributed by atoms with Crippen LogP contribution >= 0.6 is 0 Å². The predicted octanol–water partition coefficient (Wildman–Crippen LogP) is 5.22. The molecule has 1 fully saturated rings. The third-order valence-electron chi connectivity index (χ3n) is 7.03. The van der Waals surface area contributed by atoms with E-state index >= 15 is 0 Å². The van der Waals surface area contributed by atoms with Crippen LogP contribution in [0.1, 0.15) is 41.1 Å². The molecule has 0 aliphatic carbocycles. The Hall–Kier alpha value is -3.64. The van der Waals surface area contributed by atoms with Crippen molar-refractivity contribution in [2.45, 2.75) is 25.5 Å². The highest BCUT2D eigenvalue weighted by Crippen LogP contribution is 2.38.